The summed E-state index contributed by atoms with van der Waals surface area (Å²) < 4.78 is 19.5. The molecule has 0 spiro atoms. The average molecular weight is 291 g/mol. The molecule has 0 saturated carbocycles. The number of rotatable bonds is 2. The molecule has 1 aromatic carbocycles. The topological polar surface area (TPSA) is 52.4 Å². The summed E-state index contributed by atoms with van der Waals surface area (Å²) in [6.07, 6.45) is 4.83. The summed E-state index contributed by atoms with van der Waals surface area (Å²) in [5, 5.41) is 10.7. The van der Waals surface area contributed by atoms with Gasteiger partial charge in [0.2, 0.25) is 0 Å². The van der Waals surface area contributed by atoms with Crippen LogP contribution in [0.15, 0.2) is 36.2 Å². The maximum atomic E-state index is 13.6. The van der Waals surface area contributed by atoms with Gasteiger partial charge in [-0.1, -0.05) is 0 Å². The lowest BCUT2D eigenvalue weighted by atomic mass is 9.82. The minimum atomic E-state index is -0.412. The molecular weight excluding hydrogens is 273 g/mol. The van der Waals surface area contributed by atoms with E-state index in [2.05, 4.69) is 0 Å². The summed E-state index contributed by atoms with van der Waals surface area (Å²) in [6.45, 7) is 0.635. The Bertz CT molecular complexity index is 555. The van der Waals surface area contributed by atoms with Crippen LogP contribution in [0.5, 0.6) is 0 Å². The fourth-order valence-electron chi connectivity index (χ4n) is 3.26. The molecule has 1 aliphatic heterocycles. The summed E-state index contributed by atoms with van der Waals surface area (Å²) in [5.74, 6) is 0.598. The van der Waals surface area contributed by atoms with E-state index in [4.69, 9.17) is 4.74 Å². The Labute approximate surface area is 122 Å². The second-order valence-electron chi connectivity index (χ2n) is 5.84. The Balaban J connectivity index is 1.75. The molecule has 0 amide bonds. The zero-order valence-electron chi connectivity index (χ0n) is 11.7. The highest BCUT2D eigenvalue weighted by Gasteiger charge is 2.32. The van der Waals surface area contributed by atoms with Crippen LogP contribution in [0.4, 0.5) is 10.1 Å². The molecule has 0 radical (unpaired) electrons. The Morgan fingerprint density at radius 3 is 2.76 bits per heavy atom. The molecule has 2 aliphatic rings. The van der Waals surface area contributed by atoms with Crippen molar-refractivity contribution in [1.29, 1.82) is 0 Å². The molecule has 0 unspecified atom stereocenters. The number of nitro benzene ring substituents is 1. The maximum absolute atomic E-state index is 13.6. The summed E-state index contributed by atoms with van der Waals surface area (Å²) in [7, 11) is 0. The number of ether oxygens (including phenoxy) is 1. The number of hydrogen-bond acceptors (Lipinski definition) is 3. The van der Waals surface area contributed by atoms with E-state index in [9.17, 15) is 14.5 Å². The lowest BCUT2D eigenvalue weighted by Gasteiger charge is -2.34. The average Bonchev–Trinajstić information content (AvgIpc) is 2.67. The fraction of sp³-hybridized carbons (Fsp3) is 0.500. The van der Waals surface area contributed by atoms with Crippen molar-refractivity contribution in [3.63, 3.8) is 0 Å². The monoisotopic (exact) mass is 291 g/mol. The molecular formula is C16H18FNO3. The van der Waals surface area contributed by atoms with Gasteiger partial charge in [-0.3, -0.25) is 10.1 Å². The molecule has 0 bridgehead atoms. The predicted molar refractivity (Wildman–Crippen MR) is 76.4 cm³/mol. The van der Waals surface area contributed by atoms with Crippen LogP contribution in [0, 0.1) is 22.0 Å². The van der Waals surface area contributed by atoms with Crippen LogP contribution in [0.2, 0.25) is 0 Å². The van der Waals surface area contributed by atoms with Gasteiger partial charge in [-0.15, -0.1) is 0 Å². The second kappa shape index (κ2) is 5.93. The smallest absolute Gasteiger partial charge is 0.269 e. The first-order chi connectivity index (χ1) is 10.1. The summed E-state index contributed by atoms with van der Waals surface area (Å²) in [6, 6.07) is 6.46. The second-order valence-corrected chi connectivity index (χ2v) is 5.84. The lowest BCUT2D eigenvalue weighted by Crippen LogP contribution is -2.28. The molecule has 21 heavy (non-hydrogen) atoms. The quantitative estimate of drug-likeness (QED) is 0.602. The molecule has 3 rings (SSSR count). The van der Waals surface area contributed by atoms with E-state index in [1.165, 1.54) is 12.1 Å². The Morgan fingerprint density at radius 2 is 2.05 bits per heavy atom. The number of allylic oxidation sites excluding steroid dienone is 2. The van der Waals surface area contributed by atoms with Crippen molar-refractivity contribution >= 4 is 5.69 Å². The van der Waals surface area contributed by atoms with E-state index in [0.717, 1.165) is 24.8 Å². The number of fused-ring (bicyclic) bond motifs is 1. The standard InChI is InChI=1S/C16H18FNO3/c17-14-3-1-2-12-10-21-16(9-13(12)8-14)11-4-6-15(7-5-11)18(19)20/h4-8,12-13,16H,1-3,9-10H2/t12-,13-,16-/m1/s1. The zero-order chi connectivity index (χ0) is 14.8. The summed E-state index contributed by atoms with van der Waals surface area (Å²) in [4.78, 5) is 10.3. The SMILES string of the molecule is O=[N+]([O-])c1ccc([C@H]2C[C@H]3C=C(F)CCC[C@@H]3CO2)cc1. The van der Waals surface area contributed by atoms with Crippen LogP contribution in [0.3, 0.4) is 0 Å². The highest BCUT2D eigenvalue weighted by atomic mass is 19.1. The third kappa shape index (κ3) is 3.13. The highest BCUT2D eigenvalue weighted by molar-refractivity contribution is 5.34. The van der Waals surface area contributed by atoms with Crippen LogP contribution >= 0.6 is 0 Å². The maximum Gasteiger partial charge on any atom is 0.269 e. The first-order valence-electron chi connectivity index (χ1n) is 7.35. The fourth-order valence-corrected chi connectivity index (χ4v) is 3.26. The normalized spacial score (nSPS) is 29.2. The van der Waals surface area contributed by atoms with Crippen LogP contribution in [0.25, 0.3) is 0 Å². The third-order valence-corrected chi connectivity index (χ3v) is 4.46. The van der Waals surface area contributed by atoms with Gasteiger partial charge < -0.3 is 4.74 Å². The van der Waals surface area contributed by atoms with Gasteiger partial charge in [0.25, 0.3) is 5.69 Å². The van der Waals surface area contributed by atoms with E-state index in [0.29, 0.717) is 18.9 Å². The van der Waals surface area contributed by atoms with Crippen LogP contribution < -0.4 is 0 Å². The summed E-state index contributed by atoms with van der Waals surface area (Å²) in [5.41, 5.74) is 1.00. The van der Waals surface area contributed by atoms with E-state index < -0.39 is 4.92 Å². The first kappa shape index (κ1) is 14.2. The van der Waals surface area contributed by atoms with Gasteiger partial charge in [-0.05, 0) is 61.3 Å². The van der Waals surface area contributed by atoms with Gasteiger partial charge in [-0.25, -0.2) is 4.39 Å². The van der Waals surface area contributed by atoms with Gasteiger partial charge in [0.1, 0.15) is 0 Å². The molecule has 1 aliphatic carbocycles. The Kier molecular flexibility index (Phi) is 4.01. The Hall–Kier alpha value is -1.75. The number of benzene rings is 1. The Morgan fingerprint density at radius 1 is 1.29 bits per heavy atom. The molecule has 4 nitrogen and oxygen atoms in total. The van der Waals surface area contributed by atoms with Crippen LogP contribution in [-0.2, 0) is 4.74 Å². The van der Waals surface area contributed by atoms with Gasteiger partial charge in [-0.2, -0.15) is 0 Å². The molecule has 1 saturated heterocycles. The van der Waals surface area contributed by atoms with Crippen LogP contribution in [0.1, 0.15) is 37.4 Å². The van der Waals surface area contributed by atoms with Crippen molar-refractivity contribution in [3.05, 3.63) is 51.8 Å². The van der Waals surface area contributed by atoms with Gasteiger partial charge in [0, 0.05) is 12.1 Å². The van der Waals surface area contributed by atoms with E-state index >= 15 is 0 Å². The van der Waals surface area contributed by atoms with Crippen LogP contribution in [-0.4, -0.2) is 11.5 Å². The molecule has 3 atom stereocenters. The molecule has 1 aromatic rings. The molecule has 1 heterocycles. The first-order valence-corrected chi connectivity index (χ1v) is 7.35. The van der Waals surface area contributed by atoms with Crippen molar-refractivity contribution in [2.75, 3.05) is 6.61 Å². The van der Waals surface area contributed by atoms with Crippen molar-refractivity contribution < 1.29 is 14.1 Å². The zero-order valence-corrected chi connectivity index (χ0v) is 11.7. The molecule has 0 aromatic heterocycles. The molecule has 5 heteroatoms. The van der Waals surface area contributed by atoms with E-state index in [1.54, 1.807) is 18.2 Å². The van der Waals surface area contributed by atoms with Crippen molar-refractivity contribution in [2.24, 2.45) is 11.8 Å². The van der Waals surface area contributed by atoms with Crippen molar-refractivity contribution in [2.45, 2.75) is 31.8 Å². The highest BCUT2D eigenvalue weighted by Crippen LogP contribution is 2.40. The predicted octanol–water partition coefficient (Wildman–Crippen LogP) is 4.33. The van der Waals surface area contributed by atoms with E-state index in [1.807, 2.05) is 0 Å². The minimum Gasteiger partial charge on any atom is -0.373 e. The number of hydrogen-bond donors (Lipinski definition) is 0. The molecule has 1 fully saturated rings. The molecule has 0 N–H and O–H groups in total. The number of halogens is 1. The third-order valence-electron chi connectivity index (χ3n) is 4.46. The van der Waals surface area contributed by atoms with E-state index in [-0.39, 0.29) is 23.5 Å². The van der Waals surface area contributed by atoms with Gasteiger partial charge in [0.05, 0.1) is 23.5 Å². The van der Waals surface area contributed by atoms with Crippen molar-refractivity contribution in [1.82, 2.24) is 0 Å². The number of non-ortho nitro benzene ring substituents is 1. The van der Waals surface area contributed by atoms with Gasteiger partial charge >= 0.3 is 0 Å². The lowest BCUT2D eigenvalue weighted by molar-refractivity contribution is -0.384. The number of nitro groups is 1. The van der Waals surface area contributed by atoms with Crippen molar-refractivity contribution in [3.8, 4) is 0 Å². The minimum absolute atomic E-state index is 0.00755. The summed E-state index contributed by atoms with van der Waals surface area (Å²) >= 11 is 0. The molecule has 112 valence electrons. The number of nitrogens with zero attached hydrogens (tertiary/aromatic N) is 1. The largest absolute Gasteiger partial charge is 0.373 e. The van der Waals surface area contributed by atoms with Gasteiger partial charge in [0.15, 0.2) is 0 Å².